The quantitative estimate of drug-likeness (QED) is 0.482. The van der Waals surface area contributed by atoms with Crippen molar-refractivity contribution in [2.75, 3.05) is 6.54 Å². The minimum atomic E-state index is 0.341. The molecule has 0 aromatic carbocycles. The number of thiocarbonyl (C=S) groups is 1. The summed E-state index contributed by atoms with van der Waals surface area (Å²) in [4.78, 5) is 0.678. The number of hydrogen-bond acceptors (Lipinski definition) is 2. The summed E-state index contributed by atoms with van der Waals surface area (Å²) in [5.74, 6) is 0.341. The average Bonchev–Trinajstić information content (AvgIpc) is 2.16. The van der Waals surface area contributed by atoms with E-state index in [1.165, 1.54) is 0 Å². The lowest BCUT2D eigenvalue weighted by Gasteiger charge is -2.19. The number of allylic oxidation sites excluding steroid dienone is 1. The molecular weight excluding hydrogens is 158 g/mol. The Hall–Kier alpha value is -0.410. The van der Waals surface area contributed by atoms with E-state index in [-0.39, 0.29) is 0 Å². The van der Waals surface area contributed by atoms with Gasteiger partial charge in [-0.05, 0) is 12.8 Å². The molecule has 11 heavy (non-hydrogen) atoms. The molecule has 0 aliphatic carbocycles. The second-order valence-electron chi connectivity index (χ2n) is 2.73. The molecule has 0 bridgehead atoms. The van der Waals surface area contributed by atoms with Crippen LogP contribution in [0.4, 0.5) is 0 Å². The van der Waals surface area contributed by atoms with Crippen LogP contribution in [-0.4, -0.2) is 21.8 Å². The summed E-state index contributed by atoms with van der Waals surface area (Å²) in [6, 6.07) is 0. The molecule has 0 amide bonds. The van der Waals surface area contributed by atoms with Gasteiger partial charge in [-0.25, -0.2) is 5.06 Å². The molecule has 0 fully saturated rings. The lowest BCUT2D eigenvalue weighted by Crippen LogP contribution is -2.30. The summed E-state index contributed by atoms with van der Waals surface area (Å²) < 4.78 is 0. The van der Waals surface area contributed by atoms with Crippen LogP contribution < -0.4 is 0 Å². The van der Waals surface area contributed by atoms with Gasteiger partial charge in [0, 0.05) is 5.92 Å². The average molecular weight is 171 g/mol. The Morgan fingerprint density at radius 2 is 2.45 bits per heavy atom. The molecule has 2 nitrogen and oxygen atoms in total. The highest BCUT2D eigenvalue weighted by molar-refractivity contribution is 7.80. The van der Waals surface area contributed by atoms with Gasteiger partial charge < -0.3 is 0 Å². The third-order valence-electron chi connectivity index (χ3n) is 1.96. The fourth-order valence-corrected chi connectivity index (χ4v) is 1.52. The SMILES string of the molecule is CCC1CC=CCN(O)C1=S. The van der Waals surface area contributed by atoms with Crippen molar-refractivity contribution in [2.45, 2.75) is 19.8 Å². The zero-order chi connectivity index (χ0) is 8.27. The minimum absolute atomic E-state index is 0.341. The molecule has 0 aromatic rings. The van der Waals surface area contributed by atoms with Crippen LogP contribution >= 0.6 is 12.2 Å². The Labute approximate surface area is 72.5 Å². The molecule has 0 saturated carbocycles. The number of nitrogens with zero attached hydrogens (tertiary/aromatic N) is 1. The van der Waals surface area contributed by atoms with Gasteiger partial charge in [-0.2, -0.15) is 0 Å². The first kappa shape index (κ1) is 8.68. The van der Waals surface area contributed by atoms with Crippen molar-refractivity contribution in [1.29, 1.82) is 0 Å². The molecule has 1 heterocycles. The van der Waals surface area contributed by atoms with Crippen LogP contribution in [0, 0.1) is 5.92 Å². The first-order chi connectivity index (χ1) is 5.25. The molecule has 1 aliphatic heterocycles. The van der Waals surface area contributed by atoms with E-state index in [1.807, 2.05) is 6.08 Å². The number of hydroxylamine groups is 2. The minimum Gasteiger partial charge on any atom is -0.288 e. The first-order valence-electron chi connectivity index (χ1n) is 3.91. The monoisotopic (exact) mass is 171 g/mol. The Morgan fingerprint density at radius 3 is 3.09 bits per heavy atom. The van der Waals surface area contributed by atoms with Crippen molar-refractivity contribution >= 4 is 17.2 Å². The van der Waals surface area contributed by atoms with Crippen molar-refractivity contribution < 1.29 is 5.21 Å². The van der Waals surface area contributed by atoms with Crippen molar-refractivity contribution in [2.24, 2.45) is 5.92 Å². The summed E-state index contributed by atoms with van der Waals surface area (Å²) in [5.41, 5.74) is 0. The maximum Gasteiger partial charge on any atom is 0.107 e. The smallest absolute Gasteiger partial charge is 0.107 e. The van der Waals surface area contributed by atoms with E-state index in [4.69, 9.17) is 12.2 Å². The molecule has 1 unspecified atom stereocenters. The van der Waals surface area contributed by atoms with Crippen LogP contribution in [0.2, 0.25) is 0 Å². The zero-order valence-corrected chi connectivity index (χ0v) is 7.47. The van der Waals surface area contributed by atoms with Crippen molar-refractivity contribution in [3.05, 3.63) is 12.2 Å². The van der Waals surface area contributed by atoms with Crippen LogP contribution in [-0.2, 0) is 0 Å². The summed E-state index contributed by atoms with van der Waals surface area (Å²) in [6.07, 6.45) is 5.99. The maximum absolute atomic E-state index is 9.30. The second kappa shape index (κ2) is 3.83. The summed E-state index contributed by atoms with van der Waals surface area (Å²) in [7, 11) is 0. The van der Waals surface area contributed by atoms with Gasteiger partial charge in [-0.3, -0.25) is 5.21 Å². The van der Waals surface area contributed by atoms with E-state index < -0.39 is 0 Å². The van der Waals surface area contributed by atoms with Crippen molar-refractivity contribution in [3.63, 3.8) is 0 Å². The zero-order valence-electron chi connectivity index (χ0n) is 6.66. The Morgan fingerprint density at radius 1 is 1.73 bits per heavy atom. The molecule has 0 spiro atoms. The Kier molecular flexibility index (Phi) is 3.02. The predicted molar refractivity (Wildman–Crippen MR) is 48.6 cm³/mol. The van der Waals surface area contributed by atoms with Gasteiger partial charge in [0.1, 0.15) is 4.99 Å². The lowest BCUT2D eigenvalue weighted by molar-refractivity contribution is -0.00409. The van der Waals surface area contributed by atoms with Crippen molar-refractivity contribution in [3.8, 4) is 0 Å². The molecule has 1 rings (SSSR count). The summed E-state index contributed by atoms with van der Waals surface area (Å²) in [6.45, 7) is 2.62. The van der Waals surface area contributed by atoms with E-state index in [1.54, 1.807) is 0 Å². The van der Waals surface area contributed by atoms with Gasteiger partial charge in [-0.1, -0.05) is 31.3 Å². The fraction of sp³-hybridized carbons (Fsp3) is 0.625. The van der Waals surface area contributed by atoms with E-state index in [2.05, 4.69) is 13.0 Å². The van der Waals surface area contributed by atoms with E-state index in [0.29, 0.717) is 17.5 Å². The van der Waals surface area contributed by atoms with Crippen LogP contribution in [0.15, 0.2) is 12.2 Å². The van der Waals surface area contributed by atoms with E-state index >= 15 is 0 Å². The second-order valence-corrected chi connectivity index (χ2v) is 3.15. The van der Waals surface area contributed by atoms with Gasteiger partial charge in [0.25, 0.3) is 0 Å². The molecule has 1 N–H and O–H groups in total. The molecule has 0 saturated heterocycles. The van der Waals surface area contributed by atoms with Gasteiger partial charge in [0.05, 0.1) is 6.54 Å². The highest BCUT2D eigenvalue weighted by Gasteiger charge is 2.17. The number of rotatable bonds is 1. The normalized spacial score (nSPS) is 25.5. The highest BCUT2D eigenvalue weighted by Crippen LogP contribution is 2.16. The van der Waals surface area contributed by atoms with Crippen LogP contribution in [0.1, 0.15) is 19.8 Å². The summed E-state index contributed by atoms with van der Waals surface area (Å²) >= 11 is 5.07. The predicted octanol–water partition coefficient (Wildman–Crippen LogP) is 1.99. The molecule has 0 radical (unpaired) electrons. The lowest BCUT2D eigenvalue weighted by atomic mass is 10.0. The van der Waals surface area contributed by atoms with Crippen LogP contribution in [0.5, 0.6) is 0 Å². The van der Waals surface area contributed by atoms with E-state index in [9.17, 15) is 5.21 Å². The highest BCUT2D eigenvalue weighted by atomic mass is 32.1. The van der Waals surface area contributed by atoms with Gasteiger partial charge in [-0.15, -0.1) is 0 Å². The Balaban J connectivity index is 2.65. The van der Waals surface area contributed by atoms with Gasteiger partial charge in [0.2, 0.25) is 0 Å². The number of hydrogen-bond donors (Lipinski definition) is 1. The largest absolute Gasteiger partial charge is 0.288 e. The fourth-order valence-electron chi connectivity index (χ4n) is 1.18. The van der Waals surface area contributed by atoms with Gasteiger partial charge >= 0.3 is 0 Å². The molecule has 1 atom stereocenters. The van der Waals surface area contributed by atoms with Crippen molar-refractivity contribution in [1.82, 2.24) is 5.06 Å². The standard InChI is InChI=1S/C8H13NOS/c1-2-7-5-3-4-6-9(10)8(7)11/h3-4,7,10H,2,5-6H2,1H3. The van der Waals surface area contributed by atoms with E-state index in [0.717, 1.165) is 17.9 Å². The Bertz CT molecular complexity index is 179. The molecule has 62 valence electrons. The topological polar surface area (TPSA) is 23.5 Å². The summed E-state index contributed by atoms with van der Waals surface area (Å²) in [5, 5.41) is 10.5. The molecule has 0 aromatic heterocycles. The molecule has 3 heteroatoms. The third-order valence-corrected chi connectivity index (χ3v) is 2.51. The van der Waals surface area contributed by atoms with Crippen LogP contribution in [0.3, 0.4) is 0 Å². The van der Waals surface area contributed by atoms with Crippen LogP contribution in [0.25, 0.3) is 0 Å². The first-order valence-corrected chi connectivity index (χ1v) is 4.31. The van der Waals surface area contributed by atoms with Gasteiger partial charge in [0.15, 0.2) is 0 Å². The molecule has 1 aliphatic rings. The molecular formula is C8H13NOS. The third kappa shape index (κ3) is 2.01. The maximum atomic E-state index is 9.30.